The molecule has 0 N–H and O–H groups in total. The molecular weight excluding hydrogens is 224 g/mol. The van der Waals surface area contributed by atoms with E-state index in [9.17, 15) is 9.59 Å². The van der Waals surface area contributed by atoms with E-state index in [1.807, 2.05) is 13.0 Å². The average molecular weight is 242 g/mol. The summed E-state index contributed by atoms with van der Waals surface area (Å²) in [5.74, 6) is 0.935. The van der Waals surface area contributed by atoms with Gasteiger partial charge in [0.25, 0.3) is 0 Å². The predicted molar refractivity (Wildman–Crippen MR) is 70.1 cm³/mol. The molecule has 0 spiro atoms. The highest BCUT2D eigenvalue weighted by Crippen LogP contribution is 2.46. The van der Waals surface area contributed by atoms with Gasteiger partial charge in [-0.15, -0.1) is 0 Å². The molecule has 0 bridgehead atoms. The third kappa shape index (κ3) is 1.63. The summed E-state index contributed by atoms with van der Waals surface area (Å²) >= 11 is 0. The van der Waals surface area contributed by atoms with Gasteiger partial charge in [-0.05, 0) is 61.8 Å². The van der Waals surface area contributed by atoms with Crippen LogP contribution in [0, 0.1) is 5.92 Å². The molecule has 0 radical (unpaired) electrons. The van der Waals surface area contributed by atoms with E-state index in [1.54, 1.807) is 0 Å². The molecule has 2 heteroatoms. The smallest absolute Gasteiger partial charge is 0.163 e. The van der Waals surface area contributed by atoms with Crippen molar-refractivity contribution in [1.82, 2.24) is 0 Å². The molecule has 3 rings (SSSR count). The van der Waals surface area contributed by atoms with E-state index in [4.69, 9.17) is 0 Å². The zero-order chi connectivity index (χ0) is 12.9. The van der Waals surface area contributed by atoms with Crippen LogP contribution in [0.15, 0.2) is 33.9 Å². The Morgan fingerprint density at radius 2 is 1.83 bits per heavy atom. The molecule has 0 saturated carbocycles. The molecule has 2 nitrogen and oxygen atoms in total. The first-order valence-corrected chi connectivity index (χ1v) is 6.75. The molecule has 1 atom stereocenters. The second-order valence-electron chi connectivity index (χ2n) is 5.70. The van der Waals surface area contributed by atoms with Crippen molar-refractivity contribution in [1.29, 1.82) is 0 Å². The lowest BCUT2D eigenvalue weighted by Gasteiger charge is -2.23. The predicted octanol–water partition coefficient (Wildman–Crippen LogP) is 3.29. The van der Waals surface area contributed by atoms with Crippen molar-refractivity contribution in [2.24, 2.45) is 5.92 Å². The van der Waals surface area contributed by atoms with E-state index in [0.717, 1.165) is 36.0 Å². The Morgan fingerprint density at radius 1 is 1.11 bits per heavy atom. The monoisotopic (exact) mass is 242 g/mol. The van der Waals surface area contributed by atoms with Crippen molar-refractivity contribution >= 4 is 11.6 Å². The minimum absolute atomic E-state index is 0.222. The molecule has 0 aromatic rings. The largest absolute Gasteiger partial charge is 0.295 e. The molecule has 0 heterocycles. The van der Waals surface area contributed by atoms with Crippen LogP contribution in [-0.4, -0.2) is 11.6 Å². The van der Waals surface area contributed by atoms with E-state index >= 15 is 0 Å². The van der Waals surface area contributed by atoms with Gasteiger partial charge in [-0.1, -0.05) is 5.57 Å². The number of hydrogen-bond donors (Lipinski definition) is 0. The summed E-state index contributed by atoms with van der Waals surface area (Å²) < 4.78 is 0. The lowest BCUT2D eigenvalue weighted by atomic mass is 9.80. The fourth-order valence-electron chi connectivity index (χ4n) is 3.46. The van der Waals surface area contributed by atoms with Crippen LogP contribution in [0.3, 0.4) is 0 Å². The van der Waals surface area contributed by atoms with Crippen LogP contribution in [0.2, 0.25) is 0 Å². The van der Waals surface area contributed by atoms with E-state index in [2.05, 4.69) is 6.92 Å². The van der Waals surface area contributed by atoms with E-state index in [0.29, 0.717) is 18.8 Å². The van der Waals surface area contributed by atoms with Crippen LogP contribution in [-0.2, 0) is 9.59 Å². The lowest BCUT2D eigenvalue weighted by molar-refractivity contribution is -0.115. The Morgan fingerprint density at radius 3 is 2.61 bits per heavy atom. The molecule has 0 saturated heterocycles. The second-order valence-corrected chi connectivity index (χ2v) is 5.70. The summed E-state index contributed by atoms with van der Waals surface area (Å²) in [6.07, 6.45) is 6.17. The van der Waals surface area contributed by atoms with Crippen LogP contribution in [0.4, 0.5) is 0 Å². The minimum atomic E-state index is 0.222. The lowest BCUT2D eigenvalue weighted by Crippen LogP contribution is -2.15. The van der Waals surface area contributed by atoms with Gasteiger partial charge in [0, 0.05) is 18.4 Å². The first-order valence-electron chi connectivity index (χ1n) is 6.75. The van der Waals surface area contributed by atoms with Crippen molar-refractivity contribution in [3.8, 4) is 0 Å². The van der Waals surface area contributed by atoms with Crippen molar-refractivity contribution in [2.45, 2.75) is 46.0 Å². The maximum Gasteiger partial charge on any atom is 0.163 e. The van der Waals surface area contributed by atoms with E-state index < -0.39 is 0 Å². The molecule has 0 amide bonds. The van der Waals surface area contributed by atoms with Crippen molar-refractivity contribution < 1.29 is 9.59 Å². The van der Waals surface area contributed by atoms with Gasteiger partial charge in [-0.3, -0.25) is 9.59 Å². The van der Waals surface area contributed by atoms with Gasteiger partial charge >= 0.3 is 0 Å². The molecule has 94 valence electrons. The molecule has 0 fully saturated rings. The zero-order valence-corrected chi connectivity index (χ0v) is 11.0. The number of hydrogen-bond acceptors (Lipinski definition) is 2. The van der Waals surface area contributed by atoms with Crippen molar-refractivity contribution in [2.75, 3.05) is 0 Å². The molecule has 0 aromatic carbocycles. The Kier molecular flexibility index (Phi) is 2.61. The first kappa shape index (κ1) is 11.6. The summed E-state index contributed by atoms with van der Waals surface area (Å²) in [5, 5.41) is 0. The Bertz CT molecular complexity index is 543. The highest BCUT2D eigenvalue weighted by molar-refractivity contribution is 6.05. The maximum atomic E-state index is 12.0. The molecular formula is C16H18O2. The number of rotatable bonds is 0. The van der Waals surface area contributed by atoms with Gasteiger partial charge in [-0.2, -0.15) is 0 Å². The number of carbonyl (C=O) groups excluding carboxylic acids is 2. The van der Waals surface area contributed by atoms with Gasteiger partial charge < -0.3 is 0 Å². The number of Topliss-reactive ketones (excluding diaryl/α,β-unsaturated/α-hetero) is 1. The topological polar surface area (TPSA) is 34.1 Å². The van der Waals surface area contributed by atoms with E-state index in [-0.39, 0.29) is 11.6 Å². The standard InChI is InChI=1S/C16H18O2/c1-9-3-4-11-5-6-12(17)7-14(11)16-10(2)15(18)8-13(9)16/h7,11H,3-6,8H2,1-2H3. The van der Waals surface area contributed by atoms with E-state index in [1.165, 1.54) is 11.1 Å². The SMILES string of the molecule is CC1=C2CC(=O)C(C)=C2C2=CC(=O)CCC2CC1. The molecule has 0 aromatic heterocycles. The molecule has 3 aliphatic rings. The van der Waals surface area contributed by atoms with Crippen LogP contribution in [0.25, 0.3) is 0 Å². The Balaban J connectivity index is 2.20. The Labute approximate surface area is 107 Å². The summed E-state index contributed by atoms with van der Waals surface area (Å²) in [6.45, 7) is 4.06. The summed E-state index contributed by atoms with van der Waals surface area (Å²) in [7, 11) is 0. The van der Waals surface area contributed by atoms with Gasteiger partial charge in [0.15, 0.2) is 11.6 Å². The van der Waals surface area contributed by atoms with Gasteiger partial charge in [0.2, 0.25) is 0 Å². The highest BCUT2D eigenvalue weighted by Gasteiger charge is 2.35. The summed E-state index contributed by atoms with van der Waals surface area (Å²) in [5.41, 5.74) is 5.70. The van der Waals surface area contributed by atoms with Crippen molar-refractivity contribution in [3.05, 3.63) is 33.9 Å². The molecule has 18 heavy (non-hydrogen) atoms. The average Bonchev–Trinajstić information content (AvgIpc) is 2.56. The van der Waals surface area contributed by atoms with Gasteiger partial charge in [0.1, 0.15) is 0 Å². The molecule has 3 aliphatic carbocycles. The number of fused-ring (bicyclic) bond motifs is 3. The second kappa shape index (κ2) is 4.04. The molecule has 1 unspecified atom stereocenters. The van der Waals surface area contributed by atoms with Crippen LogP contribution < -0.4 is 0 Å². The maximum absolute atomic E-state index is 12.0. The third-order valence-electron chi connectivity index (χ3n) is 4.60. The van der Waals surface area contributed by atoms with Crippen molar-refractivity contribution in [3.63, 3.8) is 0 Å². The number of allylic oxidation sites excluding steroid dienone is 6. The van der Waals surface area contributed by atoms with Crippen LogP contribution >= 0.6 is 0 Å². The third-order valence-corrected chi connectivity index (χ3v) is 4.60. The molecule has 0 aliphatic heterocycles. The summed E-state index contributed by atoms with van der Waals surface area (Å²) in [6, 6.07) is 0. The fourth-order valence-corrected chi connectivity index (χ4v) is 3.46. The quantitative estimate of drug-likeness (QED) is 0.653. The van der Waals surface area contributed by atoms with Gasteiger partial charge in [0.05, 0.1) is 0 Å². The van der Waals surface area contributed by atoms with Crippen LogP contribution in [0.5, 0.6) is 0 Å². The van der Waals surface area contributed by atoms with Crippen LogP contribution in [0.1, 0.15) is 46.0 Å². The first-order chi connectivity index (χ1) is 8.58. The number of ketones is 2. The normalized spacial score (nSPS) is 28.1. The zero-order valence-electron chi connectivity index (χ0n) is 11.0. The highest BCUT2D eigenvalue weighted by atomic mass is 16.1. The minimum Gasteiger partial charge on any atom is -0.295 e. The fraction of sp³-hybridized carbons (Fsp3) is 0.500. The summed E-state index contributed by atoms with van der Waals surface area (Å²) in [4.78, 5) is 23.6. The van der Waals surface area contributed by atoms with Gasteiger partial charge in [-0.25, -0.2) is 0 Å². The Hall–Kier alpha value is -1.44. The number of carbonyl (C=O) groups is 2.